The molecule has 2 amide bonds. The smallest absolute Gasteiger partial charge is 0.266 e. The third-order valence-electron chi connectivity index (χ3n) is 5.12. The number of nitrogens with zero attached hydrogens (tertiary/aromatic N) is 2. The van der Waals surface area contributed by atoms with Gasteiger partial charge in [-0.3, -0.25) is 19.0 Å². The molecule has 166 valence electrons. The molecule has 3 N–H and O–H groups in total. The van der Waals surface area contributed by atoms with E-state index >= 15 is 0 Å². The molecule has 0 aliphatic carbocycles. The Labute approximate surface area is 194 Å². The van der Waals surface area contributed by atoms with Gasteiger partial charge < -0.3 is 11.1 Å². The number of aromatic nitrogens is 2. The van der Waals surface area contributed by atoms with E-state index in [4.69, 9.17) is 5.73 Å². The van der Waals surface area contributed by atoms with Crippen molar-refractivity contribution in [2.24, 2.45) is 5.73 Å². The van der Waals surface area contributed by atoms with E-state index < -0.39 is 5.91 Å². The lowest BCUT2D eigenvalue weighted by atomic mass is 10.1. The van der Waals surface area contributed by atoms with E-state index in [0.717, 1.165) is 16.8 Å². The first-order valence-corrected chi connectivity index (χ1v) is 11.2. The number of hydrogen-bond acceptors (Lipinski definition) is 5. The van der Waals surface area contributed by atoms with Crippen molar-refractivity contribution in [3.05, 3.63) is 93.8 Å². The van der Waals surface area contributed by atoms with Gasteiger partial charge in [-0.25, -0.2) is 4.98 Å². The second-order valence-corrected chi connectivity index (χ2v) is 8.56. The molecule has 0 fully saturated rings. The second kappa shape index (κ2) is 9.30. The van der Waals surface area contributed by atoms with E-state index in [0.29, 0.717) is 27.3 Å². The number of hydrogen-bond donors (Lipinski definition) is 2. The highest BCUT2D eigenvalue weighted by atomic mass is 32.2. The Morgan fingerprint density at radius 2 is 1.76 bits per heavy atom. The number of amides is 2. The number of aryl methyl sites for hydroxylation is 2. The van der Waals surface area contributed by atoms with Crippen LogP contribution in [0.4, 0.5) is 5.69 Å². The molecule has 0 spiro atoms. The van der Waals surface area contributed by atoms with Crippen LogP contribution in [-0.2, 0) is 4.79 Å². The van der Waals surface area contributed by atoms with Gasteiger partial charge in [0.2, 0.25) is 11.8 Å². The summed E-state index contributed by atoms with van der Waals surface area (Å²) in [6.45, 7) is 3.94. The van der Waals surface area contributed by atoms with Crippen molar-refractivity contribution in [2.45, 2.75) is 19.0 Å². The van der Waals surface area contributed by atoms with Gasteiger partial charge in [0.05, 0.1) is 22.3 Å². The maximum atomic E-state index is 13.4. The highest BCUT2D eigenvalue weighted by Crippen LogP contribution is 2.24. The number of benzene rings is 3. The molecule has 0 atom stereocenters. The van der Waals surface area contributed by atoms with Gasteiger partial charge >= 0.3 is 0 Å². The Morgan fingerprint density at radius 1 is 1.03 bits per heavy atom. The summed E-state index contributed by atoms with van der Waals surface area (Å²) in [6.07, 6.45) is 0. The zero-order chi connectivity index (χ0) is 23.5. The summed E-state index contributed by atoms with van der Waals surface area (Å²) in [5, 5.41) is 3.73. The molecule has 0 unspecified atom stereocenters. The SMILES string of the molecule is Cc1ccc(-n2c(SCC(=O)Nc3ccc(C(N)=O)cc3)nc3ccccc3c2=O)c(C)c1. The van der Waals surface area contributed by atoms with Crippen LogP contribution < -0.4 is 16.6 Å². The van der Waals surface area contributed by atoms with E-state index in [1.165, 1.54) is 11.8 Å². The average Bonchev–Trinajstić information content (AvgIpc) is 2.79. The van der Waals surface area contributed by atoms with Crippen LogP contribution in [0.5, 0.6) is 0 Å². The average molecular weight is 459 g/mol. The molecule has 0 bridgehead atoms. The summed E-state index contributed by atoms with van der Waals surface area (Å²) in [6, 6.07) is 19.3. The number of carbonyl (C=O) groups excluding carboxylic acids is 2. The van der Waals surface area contributed by atoms with Crippen molar-refractivity contribution in [1.82, 2.24) is 9.55 Å². The van der Waals surface area contributed by atoms with Gasteiger partial charge in [-0.15, -0.1) is 0 Å². The van der Waals surface area contributed by atoms with Crippen LogP contribution in [0.25, 0.3) is 16.6 Å². The zero-order valence-corrected chi connectivity index (χ0v) is 19.0. The van der Waals surface area contributed by atoms with Crippen molar-refractivity contribution in [3.63, 3.8) is 0 Å². The Kier molecular flexibility index (Phi) is 6.28. The van der Waals surface area contributed by atoms with Crippen LogP contribution in [-0.4, -0.2) is 27.1 Å². The number of carbonyl (C=O) groups is 2. The topological polar surface area (TPSA) is 107 Å². The minimum atomic E-state index is -0.532. The van der Waals surface area contributed by atoms with Crippen LogP contribution in [0.3, 0.4) is 0 Å². The number of nitrogens with two attached hydrogens (primary N) is 1. The molecule has 0 aliphatic heterocycles. The molecule has 4 aromatic rings. The Morgan fingerprint density at radius 3 is 2.45 bits per heavy atom. The third kappa shape index (κ3) is 4.80. The fourth-order valence-electron chi connectivity index (χ4n) is 3.52. The summed E-state index contributed by atoms with van der Waals surface area (Å²) in [4.78, 5) is 41.8. The first-order valence-electron chi connectivity index (χ1n) is 10.3. The molecule has 3 aromatic carbocycles. The van der Waals surface area contributed by atoms with Crippen molar-refractivity contribution in [2.75, 3.05) is 11.1 Å². The fraction of sp³-hybridized carbons (Fsp3) is 0.120. The summed E-state index contributed by atoms with van der Waals surface area (Å²) < 4.78 is 1.57. The molecule has 0 radical (unpaired) electrons. The minimum absolute atomic E-state index is 0.0489. The van der Waals surface area contributed by atoms with E-state index in [1.807, 2.05) is 44.2 Å². The first kappa shape index (κ1) is 22.3. The normalized spacial score (nSPS) is 10.8. The molecular weight excluding hydrogens is 436 g/mol. The van der Waals surface area contributed by atoms with Crippen molar-refractivity contribution < 1.29 is 9.59 Å². The molecule has 0 saturated carbocycles. The monoisotopic (exact) mass is 458 g/mol. The number of fused-ring (bicyclic) bond motifs is 1. The second-order valence-electron chi connectivity index (χ2n) is 7.62. The van der Waals surface area contributed by atoms with Crippen LogP contribution in [0.1, 0.15) is 21.5 Å². The summed E-state index contributed by atoms with van der Waals surface area (Å²) in [5.74, 6) is -0.746. The first-order chi connectivity index (χ1) is 15.8. The number of para-hydroxylation sites is 1. The van der Waals surface area contributed by atoms with Gasteiger partial charge in [0.1, 0.15) is 0 Å². The molecule has 0 aliphatic rings. The lowest BCUT2D eigenvalue weighted by Crippen LogP contribution is -2.23. The largest absolute Gasteiger partial charge is 0.366 e. The van der Waals surface area contributed by atoms with E-state index in [2.05, 4.69) is 10.3 Å². The number of rotatable bonds is 6. The molecular formula is C25H22N4O3S. The quantitative estimate of drug-likeness (QED) is 0.337. The van der Waals surface area contributed by atoms with Crippen molar-refractivity contribution in [1.29, 1.82) is 0 Å². The highest BCUT2D eigenvalue weighted by Gasteiger charge is 2.16. The molecule has 7 nitrogen and oxygen atoms in total. The lowest BCUT2D eigenvalue weighted by Gasteiger charge is -2.15. The number of anilines is 1. The molecule has 1 aromatic heterocycles. The van der Waals surface area contributed by atoms with E-state index in [9.17, 15) is 14.4 Å². The van der Waals surface area contributed by atoms with Crippen LogP contribution in [0, 0.1) is 13.8 Å². The lowest BCUT2D eigenvalue weighted by molar-refractivity contribution is -0.113. The molecule has 8 heteroatoms. The van der Waals surface area contributed by atoms with Crippen LogP contribution in [0.2, 0.25) is 0 Å². The van der Waals surface area contributed by atoms with Gasteiger partial charge in [0.15, 0.2) is 5.16 Å². The Hall–Kier alpha value is -3.91. The van der Waals surface area contributed by atoms with Crippen molar-refractivity contribution >= 4 is 40.2 Å². The van der Waals surface area contributed by atoms with E-state index in [-0.39, 0.29) is 17.2 Å². The van der Waals surface area contributed by atoms with Crippen LogP contribution in [0.15, 0.2) is 76.7 Å². The van der Waals surface area contributed by atoms with Gasteiger partial charge in [-0.2, -0.15) is 0 Å². The molecule has 1 heterocycles. The van der Waals surface area contributed by atoms with Gasteiger partial charge in [0, 0.05) is 11.3 Å². The maximum absolute atomic E-state index is 13.4. The number of thioether (sulfide) groups is 1. The standard InChI is InChI=1S/C25H22N4O3S/c1-15-7-12-21(16(2)13-15)29-24(32)19-5-3-4-6-20(19)28-25(29)33-14-22(30)27-18-10-8-17(9-11-18)23(26)31/h3-13H,14H2,1-2H3,(H2,26,31)(H,27,30). The molecule has 4 rings (SSSR count). The summed E-state index contributed by atoms with van der Waals surface area (Å²) in [7, 11) is 0. The molecule has 0 saturated heterocycles. The highest BCUT2D eigenvalue weighted by molar-refractivity contribution is 7.99. The number of nitrogens with one attached hydrogen (secondary N) is 1. The summed E-state index contributed by atoms with van der Waals surface area (Å²) >= 11 is 1.18. The number of primary amides is 1. The fourth-order valence-corrected chi connectivity index (χ4v) is 4.33. The van der Waals surface area contributed by atoms with Gasteiger partial charge in [-0.05, 0) is 61.9 Å². The summed E-state index contributed by atoms with van der Waals surface area (Å²) in [5.41, 5.74) is 9.31. The third-order valence-corrected chi connectivity index (χ3v) is 6.06. The molecule has 33 heavy (non-hydrogen) atoms. The van der Waals surface area contributed by atoms with Crippen molar-refractivity contribution in [3.8, 4) is 5.69 Å². The maximum Gasteiger partial charge on any atom is 0.266 e. The van der Waals surface area contributed by atoms with Gasteiger partial charge in [-0.1, -0.05) is 41.6 Å². The predicted octanol–water partition coefficient (Wildman–Crippen LogP) is 3.83. The van der Waals surface area contributed by atoms with Crippen LogP contribution >= 0.6 is 11.8 Å². The van der Waals surface area contributed by atoms with Gasteiger partial charge in [0.25, 0.3) is 5.56 Å². The zero-order valence-electron chi connectivity index (χ0n) is 18.2. The van der Waals surface area contributed by atoms with E-state index in [1.54, 1.807) is 41.0 Å². The Bertz CT molecular complexity index is 1430. The predicted molar refractivity (Wildman–Crippen MR) is 131 cm³/mol. The minimum Gasteiger partial charge on any atom is -0.366 e. The Balaban J connectivity index is 1.64.